The van der Waals surface area contributed by atoms with E-state index in [-0.39, 0.29) is 0 Å². The minimum atomic E-state index is 0.658. The van der Waals surface area contributed by atoms with Gasteiger partial charge in [-0.25, -0.2) is 4.98 Å². The van der Waals surface area contributed by atoms with E-state index in [0.29, 0.717) is 5.89 Å². The number of ether oxygens (including phenoxy) is 1. The van der Waals surface area contributed by atoms with Crippen LogP contribution in [-0.4, -0.2) is 41.5 Å². The molecule has 0 unspecified atom stereocenters. The minimum absolute atomic E-state index is 0.658. The fourth-order valence-corrected chi connectivity index (χ4v) is 4.29. The molecule has 4 aromatic rings. The van der Waals surface area contributed by atoms with Crippen LogP contribution in [0.25, 0.3) is 32.2 Å². The van der Waals surface area contributed by atoms with E-state index in [9.17, 15) is 0 Å². The minimum Gasteiger partial charge on any atom is -0.441 e. The molecule has 6 nitrogen and oxygen atoms in total. The smallest absolute Gasteiger partial charge is 0.236 e. The molecule has 7 heteroatoms. The number of rotatable bonds is 3. The number of hydrogen-bond acceptors (Lipinski definition) is 6. The number of thiophene rings is 1. The number of nitrogens with zero attached hydrogens (tertiary/aromatic N) is 3. The van der Waals surface area contributed by atoms with Crippen LogP contribution in [-0.2, 0) is 4.74 Å². The number of nitrogens with one attached hydrogen (secondary N) is 1. The second-order valence-corrected chi connectivity index (χ2v) is 7.40. The Labute approximate surface area is 154 Å². The van der Waals surface area contributed by atoms with Gasteiger partial charge in [-0.1, -0.05) is 12.1 Å². The lowest BCUT2D eigenvalue weighted by molar-refractivity contribution is 0.122. The summed E-state index contributed by atoms with van der Waals surface area (Å²) >= 11 is 1.65. The lowest BCUT2D eigenvalue weighted by atomic mass is 10.1. The van der Waals surface area contributed by atoms with E-state index in [4.69, 9.17) is 9.15 Å². The topological polar surface area (TPSA) is 67.2 Å². The van der Waals surface area contributed by atoms with Gasteiger partial charge < -0.3 is 14.1 Å². The molecule has 1 aliphatic heterocycles. The summed E-state index contributed by atoms with van der Waals surface area (Å²) in [4.78, 5) is 7.68. The molecule has 1 aliphatic rings. The van der Waals surface area contributed by atoms with Gasteiger partial charge in [0.15, 0.2) is 0 Å². The van der Waals surface area contributed by atoms with Crippen LogP contribution < -0.4 is 4.90 Å². The third-order valence-electron chi connectivity index (χ3n) is 4.58. The number of hydrogen-bond donors (Lipinski definition) is 1. The van der Waals surface area contributed by atoms with E-state index in [0.717, 1.165) is 58.4 Å². The third-order valence-corrected chi connectivity index (χ3v) is 5.71. The second kappa shape index (κ2) is 6.26. The van der Waals surface area contributed by atoms with E-state index in [1.807, 2.05) is 13.0 Å². The Morgan fingerprint density at radius 2 is 1.96 bits per heavy atom. The van der Waals surface area contributed by atoms with Gasteiger partial charge in [-0.3, -0.25) is 5.10 Å². The number of aromatic amines is 1. The van der Waals surface area contributed by atoms with E-state index in [1.54, 1.807) is 17.5 Å². The van der Waals surface area contributed by atoms with Crippen LogP contribution >= 0.6 is 11.3 Å². The van der Waals surface area contributed by atoms with Gasteiger partial charge in [-0.15, -0.1) is 11.3 Å². The Balaban J connectivity index is 1.47. The number of oxazole rings is 1. The number of H-pyrrole nitrogens is 1. The quantitative estimate of drug-likeness (QED) is 0.591. The third kappa shape index (κ3) is 2.69. The maximum atomic E-state index is 5.65. The van der Waals surface area contributed by atoms with Gasteiger partial charge in [0.25, 0.3) is 0 Å². The molecule has 0 amide bonds. The molecule has 1 fully saturated rings. The molecule has 4 heterocycles. The summed E-state index contributed by atoms with van der Waals surface area (Å²) in [5.74, 6) is 1.47. The normalized spacial score (nSPS) is 15.0. The van der Waals surface area contributed by atoms with Crippen molar-refractivity contribution in [2.45, 2.75) is 6.92 Å². The lowest BCUT2D eigenvalue weighted by Crippen LogP contribution is -2.36. The number of benzene rings is 1. The molecule has 5 rings (SSSR count). The number of anilines is 1. The molecule has 0 radical (unpaired) electrons. The van der Waals surface area contributed by atoms with Crippen LogP contribution in [0.4, 0.5) is 5.69 Å². The number of morpholine rings is 1. The Hall–Kier alpha value is -2.64. The highest BCUT2D eigenvalue weighted by Gasteiger charge is 2.16. The fraction of sp³-hybridized carbons (Fsp3) is 0.263. The molecule has 0 spiro atoms. The zero-order valence-electron chi connectivity index (χ0n) is 14.4. The van der Waals surface area contributed by atoms with Gasteiger partial charge in [0.05, 0.1) is 34.5 Å². The van der Waals surface area contributed by atoms with Crippen molar-refractivity contribution < 1.29 is 9.15 Å². The molecule has 0 saturated carbocycles. The van der Waals surface area contributed by atoms with Crippen molar-refractivity contribution in [2.75, 3.05) is 31.2 Å². The Morgan fingerprint density at radius 3 is 2.69 bits per heavy atom. The summed E-state index contributed by atoms with van der Waals surface area (Å²) in [6.45, 7) is 5.37. The van der Waals surface area contributed by atoms with Crippen LogP contribution in [0.15, 0.2) is 40.9 Å². The highest BCUT2D eigenvalue weighted by Crippen LogP contribution is 2.38. The number of aryl methyl sites for hydroxylation is 1. The summed E-state index contributed by atoms with van der Waals surface area (Å²) in [7, 11) is 0. The van der Waals surface area contributed by atoms with Crippen LogP contribution in [0.3, 0.4) is 0 Å². The molecule has 0 aliphatic carbocycles. The van der Waals surface area contributed by atoms with Crippen molar-refractivity contribution in [3.05, 3.63) is 42.3 Å². The lowest BCUT2D eigenvalue weighted by Gasteiger charge is -2.28. The van der Waals surface area contributed by atoms with Crippen molar-refractivity contribution in [2.24, 2.45) is 0 Å². The zero-order chi connectivity index (χ0) is 17.5. The Kier molecular flexibility index (Phi) is 3.76. The van der Waals surface area contributed by atoms with Gasteiger partial charge >= 0.3 is 0 Å². The first kappa shape index (κ1) is 15.6. The Bertz CT molecular complexity index is 1040. The van der Waals surface area contributed by atoms with Gasteiger partial charge in [-0.2, -0.15) is 5.10 Å². The largest absolute Gasteiger partial charge is 0.441 e. The van der Waals surface area contributed by atoms with Gasteiger partial charge in [-0.05, 0) is 25.1 Å². The van der Waals surface area contributed by atoms with Crippen molar-refractivity contribution in [1.82, 2.24) is 15.2 Å². The number of fused-ring (bicyclic) bond motifs is 1. The summed E-state index contributed by atoms with van der Waals surface area (Å²) in [6.07, 6.45) is 1.74. The van der Waals surface area contributed by atoms with E-state index in [2.05, 4.69) is 44.3 Å². The summed E-state index contributed by atoms with van der Waals surface area (Å²) < 4.78 is 12.2. The molecule has 26 heavy (non-hydrogen) atoms. The SMILES string of the molecule is Cc1cnc(-c2cc3[nH]nc(-c4ccc(N5CCOCC5)cc4)c3s2)o1. The average Bonchev–Trinajstić information content (AvgIpc) is 3.38. The van der Waals surface area contributed by atoms with Gasteiger partial charge in [0.1, 0.15) is 11.5 Å². The molecule has 0 atom stereocenters. The van der Waals surface area contributed by atoms with Crippen molar-refractivity contribution in [1.29, 1.82) is 0 Å². The molecule has 0 bridgehead atoms. The van der Waals surface area contributed by atoms with Gasteiger partial charge in [0.2, 0.25) is 5.89 Å². The van der Waals surface area contributed by atoms with E-state index < -0.39 is 0 Å². The van der Waals surface area contributed by atoms with Crippen molar-refractivity contribution in [3.63, 3.8) is 0 Å². The molecule has 1 aromatic carbocycles. The summed E-state index contributed by atoms with van der Waals surface area (Å²) in [5.41, 5.74) is 4.30. The standard InChI is InChI=1S/C19H18N4O2S/c1-12-11-20-19(25-12)16-10-15-18(26-16)17(22-21-15)13-2-4-14(5-3-13)23-6-8-24-9-7-23/h2-5,10-11H,6-9H2,1H3,(H,21,22). The maximum Gasteiger partial charge on any atom is 0.236 e. The first-order valence-corrected chi connectivity index (χ1v) is 9.43. The Morgan fingerprint density at radius 1 is 1.15 bits per heavy atom. The number of aromatic nitrogens is 3. The fourth-order valence-electron chi connectivity index (χ4n) is 3.24. The monoisotopic (exact) mass is 366 g/mol. The van der Waals surface area contributed by atoms with Crippen LogP contribution in [0.2, 0.25) is 0 Å². The predicted molar refractivity (Wildman–Crippen MR) is 103 cm³/mol. The van der Waals surface area contributed by atoms with Crippen LogP contribution in [0, 0.1) is 6.92 Å². The predicted octanol–water partition coefficient (Wildman–Crippen LogP) is 4.09. The van der Waals surface area contributed by atoms with Crippen LogP contribution in [0.1, 0.15) is 5.76 Å². The average molecular weight is 366 g/mol. The second-order valence-electron chi connectivity index (χ2n) is 6.35. The van der Waals surface area contributed by atoms with E-state index in [1.165, 1.54) is 5.69 Å². The summed E-state index contributed by atoms with van der Waals surface area (Å²) in [6, 6.07) is 10.6. The summed E-state index contributed by atoms with van der Waals surface area (Å²) in [5, 5.41) is 7.63. The van der Waals surface area contributed by atoms with Crippen LogP contribution in [0.5, 0.6) is 0 Å². The highest BCUT2D eigenvalue weighted by molar-refractivity contribution is 7.22. The first-order valence-electron chi connectivity index (χ1n) is 8.62. The molecular weight excluding hydrogens is 348 g/mol. The molecular formula is C19H18N4O2S. The highest BCUT2D eigenvalue weighted by atomic mass is 32.1. The molecule has 1 saturated heterocycles. The zero-order valence-corrected chi connectivity index (χ0v) is 15.2. The molecule has 132 valence electrons. The first-order chi connectivity index (χ1) is 12.8. The van der Waals surface area contributed by atoms with Crippen molar-refractivity contribution >= 4 is 27.2 Å². The van der Waals surface area contributed by atoms with Crippen molar-refractivity contribution in [3.8, 4) is 22.0 Å². The van der Waals surface area contributed by atoms with Gasteiger partial charge in [0, 0.05) is 24.3 Å². The maximum absolute atomic E-state index is 5.65. The molecule has 3 aromatic heterocycles. The van der Waals surface area contributed by atoms with E-state index >= 15 is 0 Å². The molecule has 1 N–H and O–H groups in total.